The summed E-state index contributed by atoms with van der Waals surface area (Å²) in [6.07, 6.45) is 2.65. The third-order valence-electron chi connectivity index (χ3n) is 4.84. The van der Waals surface area contributed by atoms with Crippen LogP contribution < -0.4 is 5.32 Å². The highest BCUT2D eigenvalue weighted by molar-refractivity contribution is 9.10. The van der Waals surface area contributed by atoms with Gasteiger partial charge in [-0.25, -0.2) is 8.78 Å². The molecule has 4 nitrogen and oxygen atoms in total. The molecule has 7 heteroatoms. The Morgan fingerprint density at radius 3 is 2.75 bits per heavy atom. The van der Waals surface area contributed by atoms with Crippen molar-refractivity contribution in [3.8, 4) is 0 Å². The molecule has 2 aromatic rings. The van der Waals surface area contributed by atoms with Gasteiger partial charge < -0.3 is 10.2 Å². The van der Waals surface area contributed by atoms with Gasteiger partial charge in [-0.2, -0.15) is 0 Å². The molecule has 148 valence electrons. The van der Waals surface area contributed by atoms with E-state index in [2.05, 4.69) is 21.2 Å². The van der Waals surface area contributed by atoms with Gasteiger partial charge in [0.25, 0.3) is 5.91 Å². The Kier molecular flexibility index (Phi) is 6.78. The molecule has 1 N–H and O–H groups in total. The topological polar surface area (TPSA) is 49.4 Å². The maximum Gasteiger partial charge on any atom is 0.254 e. The Morgan fingerprint density at radius 2 is 2.00 bits per heavy atom. The highest BCUT2D eigenvalue weighted by atomic mass is 79.9. The SMILES string of the molecule is O=C(NCCCC(=O)N1CCCC1c1cccc(Br)c1)c1ccc(F)cc1F. The molecule has 0 bridgehead atoms. The minimum absolute atomic E-state index is 0.0460. The third-order valence-corrected chi connectivity index (χ3v) is 5.33. The molecule has 2 amide bonds. The summed E-state index contributed by atoms with van der Waals surface area (Å²) in [7, 11) is 0. The number of hydrogen-bond acceptors (Lipinski definition) is 2. The second-order valence-corrected chi connectivity index (χ2v) is 7.70. The van der Waals surface area contributed by atoms with Crippen LogP contribution in [-0.4, -0.2) is 29.8 Å². The van der Waals surface area contributed by atoms with Gasteiger partial charge in [0.15, 0.2) is 0 Å². The predicted octanol–water partition coefficient (Wildman–Crippen LogP) is 4.60. The normalized spacial score (nSPS) is 16.2. The number of hydrogen-bond donors (Lipinski definition) is 1. The van der Waals surface area contributed by atoms with Crippen LogP contribution in [0.15, 0.2) is 46.9 Å². The summed E-state index contributed by atoms with van der Waals surface area (Å²) >= 11 is 3.47. The van der Waals surface area contributed by atoms with Gasteiger partial charge in [0.1, 0.15) is 11.6 Å². The van der Waals surface area contributed by atoms with Gasteiger partial charge in [-0.1, -0.05) is 28.1 Å². The molecule has 1 aliphatic rings. The van der Waals surface area contributed by atoms with Crippen molar-refractivity contribution in [2.75, 3.05) is 13.1 Å². The van der Waals surface area contributed by atoms with Crippen LogP contribution in [0.3, 0.4) is 0 Å². The quantitative estimate of drug-likeness (QED) is 0.653. The molecule has 0 aliphatic carbocycles. The lowest BCUT2D eigenvalue weighted by atomic mass is 10.0. The lowest BCUT2D eigenvalue weighted by Gasteiger charge is -2.25. The van der Waals surface area contributed by atoms with Gasteiger partial charge in [0.2, 0.25) is 5.91 Å². The van der Waals surface area contributed by atoms with Crippen LogP contribution in [0.2, 0.25) is 0 Å². The fraction of sp³-hybridized carbons (Fsp3) is 0.333. The average Bonchev–Trinajstić information content (AvgIpc) is 3.15. The molecule has 1 heterocycles. The molecule has 0 aromatic heterocycles. The largest absolute Gasteiger partial charge is 0.352 e. The van der Waals surface area contributed by atoms with E-state index in [1.54, 1.807) is 0 Å². The van der Waals surface area contributed by atoms with Crippen LogP contribution >= 0.6 is 15.9 Å². The lowest BCUT2D eigenvalue weighted by molar-refractivity contribution is -0.132. The number of carbonyl (C=O) groups is 2. The van der Waals surface area contributed by atoms with E-state index in [1.165, 1.54) is 0 Å². The van der Waals surface area contributed by atoms with Gasteiger partial charge in [0.05, 0.1) is 11.6 Å². The fourth-order valence-electron chi connectivity index (χ4n) is 3.48. The molecule has 1 fully saturated rings. The van der Waals surface area contributed by atoms with Crippen LogP contribution in [0.4, 0.5) is 8.78 Å². The number of rotatable bonds is 6. The second kappa shape index (κ2) is 9.28. The molecule has 3 rings (SSSR count). The number of benzene rings is 2. The first-order valence-electron chi connectivity index (χ1n) is 9.24. The van der Waals surface area contributed by atoms with E-state index in [4.69, 9.17) is 0 Å². The van der Waals surface area contributed by atoms with E-state index in [9.17, 15) is 18.4 Å². The van der Waals surface area contributed by atoms with Crippen molar-refractivity contribution in [1.29, 1.82) is 0 Å². The zero-order valence-electron chi connectivity index (χ0n) is 15.3. The van der Waals surface area contributed by atoms with Crippen LogP contribution in [0.25, 0.3) is 0 Å². The summed E-state index contributed by atoms with van der Waals surface area (Å²) in [5.74, 6) is -2.20. The Labute approximate surface area is 171 Å². The van der Waals surface area contributed by atoms with Crippen molar-refractivity contribution in [3.05, 3.63) is 69.7 Å². The molecule has 1 aliphatic heterocycles. The van der Waals surface area contributed by atoms with Gasteiger partial charge in [0, 0.05) is 30.0 Å². The summed E-state index contributed by atoms with van der Waals surface area (Å²) in [5, 5.41) is 2.58. The summed E-state index contributed by atoms with van der Waals surface area (Å²) in [5.41, 5.74) is 0.905. The minimum atomic E-state index is -0.900. The zero-order chi connectivity index (χ0) is 20.1. The van der Waals surface area contributed by atoms with Crippen molar-refractivity contribution in [3.63, 3.8) is 0 Å². The minimum Gasteiger partial charge on any atom is -0.352 e. The molecule has 2 aromatic carbocycles. The number of nitrogens with zero attached hydrogens (tertiary/aromatic N) is 1. The summed E-state index contributed by atoms with van der Waals surface area (Å²) in [6, 6.07) is 10.9. The number of carbonyl (C=O) groups excluding carboxylic acids is 2. The van der Waals surface area contributed by atoms with E-state index >= 15 is 0 Å². The van der Waals surface area contributed by atoms with Crippen molar-refractivity contribution in [2.45, 2.75) is 31.7 Å². The highest BCUT2D eigenvalue weighted by Crippen LogP contribution is 2.33. The highest BCUT2D eigenvalue weighted by Gasteiger charge is 2.29. The van der Waals surface area contributed by atoms with Crippen LogP contribution in [-0.2, 0) is 4.79 Å². The van der Waals surface area contributed by atoms with Crippen LogP contribution in [0, 0.1) is 11.6 Å². The van der Waals surface area contributed by atoms with E-state index in [-0.39, 0.29) is 24.1 Å². The van der Waals surface area contributed by atoms with Gasteiger partial charge in [-0.15, -0.1) is 0 Å². The maximum absolute atomic E-state index is 13.6. The Balaban J connectivity index is 1.49. The number of likely N-dealkylation sites (tertiary alicyclic amines) is 1. The first-order valence-corrected chi connectivity index (χ1v) is 10.0. The average molecular weight is 451 g/mol. The van der Waals surface area contributed by atoms with Crippen molar-refractivity contribution in [2.24, 2.45) is 0 Å². The Hall–Kier alpha value is -2.28. The molecular formula is C21H21BrF2N2O2. The number of amides is 2. The molecular weight excluding hydrogens is 430 g/mol. The smallest absolute Gasteiger partial charge is 0.254 e. The van der Waals surface area contributed by atoms with Crippen LogP contribution in [0.5, 0.6) is 0 Å². The Bertz CT molecular complexity index is 875. The van der Waals surface area contributed by atoms with E-state index in [0.717, 1.165) is 41.6 Å². The molecule has 1 unspecified atom stereocenters. The second-order valence-electron chi connectivity index (χ2n) is 6.78. The molecule has 1 atom stereocenters. The predicted molar refractivity (Wildman–Crippen MR) is 106 cm³/mol. The van der Waals surface area contributed by atoms with E-state index < -0.39 is 17.5 Å². The fourth-order valence-corrected chi connectivity index (χ4v) is 3.90. The van der Waals surface area contributed by atoms with Gasteiger partial charge >= 0.3 is 0 Å². The number of halogens is 3. The lowest BCUT2D eigenvalue weighted by Crippen LogP contribution is -2.31. The first kappa shape index (κ1) is 20.5. The standard InChI is InChI=1S/C21H21BrF2N2O2/c22-15-5-1-4-14(12-15)19-6-3-11-26(19)20(27)7-2-10-25-21(28)17-9-8-16(23)13-18(17)24/h1,4-5,8-9,12-13,19H,2-3,6-7,10-11H2,(H,25,28). The third kappa shape index (κ3) is 4.95. The molecule has 1 saturated heterocycles. The van der Waals surface area contributed by atoms with E-state index in [0.29, 0.717) is 18.9 Å². The maximum atomic E-state index is 13.6. The summed E-state index contributed by atoms with van der Waals surface area (Å²) < 4.78 is 27.5. The Morgan fingerprint density at radius 1 is 1.18 bits per heavy atom. The van der Waals surface area contributed by atoms with E-state index in [1.807, 2.05) is 29.2 Å². The first-order chi connectivity index (χ1) is 13.5. The molecule has 28 heavy (non-hydrogen) atoms. The summed E-state index contributed by atoms with van der Waals surface area (Å²) in [6.45, 7) is 0.972. The van der Waals surface area contributed by atoms with Crippen molar-refractivity contribution < 1.29 is 18.4 Å². The molecule has 0 radical (unpaired) electrons. The summed E-state index contributed by atoms with van der Waals surface area (Å²) in [4.78, 5) is 26.5. The van der Waals surface area contributed by atoms with Crippen molar-refractivity contribution >= 4 is 27.7 Å². The zero-order valence-corrected chi connectivity index (χ0v) is 16.8. The van der Waals surface area contributed by atoms with Gasteiger partial charge in [-0.05, 0) is 49.1 Å². The number of nitrogens with one attached hydrogen (secondary N) is 1. The molecule has 0 spiro atoms. The van der Waals surface area contributed by atoms with Crippen LogP contribution in [0.1, 0.15) is 47.6 Å². The monoisotopic (exact) mass is 450 g/mol. The molecule has 0 saturated carbocycles. The van der Waals surface area contributed by atoms with Crippen molar-refractivity contribution in [1.82, 2.24) is 10.2 Å². The van der Waals surface area contributed by atoms with Gasteiger partial charge in [-0.3, -0.25) is 9.59 Å².